The van der Waals surface area contributed by atoms with Crippen molar-refractivity contribution in [3.8, 4) is 5.75 Å². The van der Waals surface area contributed by atoms with Gasteiger partial charge in [0.1, 0.15) is 11.8 Å². The number of rotatable bonds is 9. The molecule has 2 N–H and O–H groups in total. The summed E-state index contributed by atoms with van der Waals surface area (Å²) in [4.78, 5) is 26.6. The number of aliphatic hydroxyl groups is 1. The fourth-order valence-electron chi connectivity index (χ4n) is 2.85. The summed E-state index contributed by atoms with van der Waals surface area (Å²) in [5.41, 5.74) is 1.86. The van der Waals surface area contributed by atoms with Crippen molar-refractivity contribution >= 4 is 11.8 Å². The van der Waals surface area contributed by atoms with E-state index in [-0.39, 0.29) is 25.0 Å². The van der Waals surface area contributed by atoms with Crippen molar-refractivity contribution in [3.63, 3.8) is 0 Å². The van der Waals surface area contributed by atoms with E-state index in [0.29, 0.717) is 13.0 Å². The molecule has 6 nitrogen and oxygen atoms in total. The van der Waals surface area contributed by atoms with Crippen LogP contribution in [0.1, 0.15) is 18.1 Å². The smallest absolute Gasteiger partial charge is 0.243 e. The topological polar surface area (TPSA) is 78.9 Å². The number of methoxy groups -OCH3 is 1. The van der Waals surface area contributed by atoms with E-state index in [0.717, 1.165) is 16.9 Å². The summed E-state index contributed by atoms with van der Waals surface area (Å²) in [5, 5.41) is 11.7. The fourth-order valence-corrected chi connectivity index (χ4v) is 2.85. The minimum absolute atomic E-state index is 0.150. The molecule has 6 heteroatoms. The van der Waals surface area contributed by atoms with Crippen molar-refractivity contribution in [1.82, 2.24) is 10.2 Å². The summed E-state index contributed by atoms with van der Waals surface area (Å²) < 4.78 is 5.16. The number of aliphatic hydroxyl groups excluding tert-OH is 1. The van der Waals surface area contributed by atoms with E-state index in [4.69, 9.17) is 9.84 Å². The van der Waals surface area contributed by atoms with Gasteiger partial charge in [0.05, 0.1) is 13.7 Å². The van der Waals surface area contributed by atoms with Gasteiger partial charge >= 0.3 is 0 Å². The molecular weight excluding hydrogens is 344 g/mol. The summed E-state index contributed by atoms with van der Waals surface area (Å²) in [6.45, 7) is 1.77. The normalized spacial score (nSPS) is 11.5. The van der Waals surface area contributed by atoms with Crippen molar-refractivity contribution in [2.45, 2.75) is 25.9 Å². The van der Waals surface area contributed by atoms with Crippen LogP contribution in [0.15, 0.2) is 54.6 Å². The lowest BCUT2D eigenvalue weighted by molar-refractivity contribution is -0.139. The first kappa shape index (κ1) is 20.5. The Bertz CT molecular complexity index is 732. The van der Waals surface area contributed by atoms with Crippen molar-refractivity contribution in [3.05, 3.63) is 65.7 Å². The van der Waals surface area contributed by atoms with Crippen molar-refractivity contribution in [2.24, 2.45) is 0 Å². The van der Waals surface area contributed by atoms with Crippen molar-refractivity contribution in [2.75, 3.05) is 20.3 Å². The Hall–Kier alpha value is -2.86. The highest BCUT2D eigenvalue weighted by molar-refractivity contribution is 5.87. The van der Waals surface area contributed by atoms with Crippen LogP contribution in [0.3, 0.4) is 0 Å². The molecule has 0 aliphatic heterocycles. The Morgan fingerprint density at radius 1 is 1.07 bits per heavy atom. The zero-order valence-electron chi connectivity index (χ0n) is 15.7. The van der Waals surface area contributed by atoms with Gasteiger partial charge in [0, 0.05) is 26.4 Å². The van der Waals surface area contributed by atoms with Gasteiger partial charge < -0.3 is 20.1 Å². The Morgan fingerprint density at radius 3 is 2.30 bits per heavy atom. The third-order valence-electron chi connectivity index (χ3n) is 4.28. The number of benzene rings is 2. The summed E-state index contributed by atoms with van der Waals surface area (Å²) in [6, 6.07) is 16.3. The average molecular weight is 370 g/mol. The first-order valence-corrected chi connectivity index (χ1v) is 8.87. The molecule has 0 aromatic heterocycles. The SMILES string of the molecule is COc1ccc(CN(C(C)=O)[C@H](Cc2ccccc2)C(=O)NCCO)cc1. The predicted octanol–water partition coefficient (Wildman–Crippen LogP) is 1.76. The van der Waals surface area contributed by atoms with E-state index in [9.17, 15) is 9.59 Å². The molecule has 27 heavy (non-hydrogen) atoms. The predicted molar refractivity (Wildman–Crippen MR) is 103 cm³/mol. The first-order valence-electron chi connectivity index (χ1n) is 8.87. The summed E-state index contributed by atoms with van der Waals surface area (Å²) in [7, 11) is 1.60. The number of ether oxygens (including phenoxy) is 1. The number of nitrogens with one attached hydrogen (secondary N) is 1. The van der Waals surface area contributed by atoms with E-state index in [1.165, 1.54) is 6.92 Å². The number of hydrogen-bond acceptors (Lipinski definition) is 4. The molecule has 0 radical (unpaired) electrons. The molecular formula is C21H26N2O4. The van der Waals surface area contributed by atoms with Gasteiger partial charge in [-0.1, -0.05) is 42.5 Å². The standard InChI is InChI=1S/C21H26N2O4/c1-16(25)23(15-18-8-10-19(27-2)11-9-18)20(21(26)22-12-13-24)14-17-6-4-3-5-7-17/h3-11,20,24H,12-15H2,1-2H3,(H,22,26)/t20-/m1/s1. The zero-order valence-corrected chi connectivity index (χ0v) is 15.7. The third-order valence-corrected chi connectivity index (χ3v) is 4.28. The molecule has 0 fully saturated rings. The lowest BCUT2D eigenvalue weighted by Gasteiger charge is -2.30. The molecule has 0 saturated carbocycles. The van der Waals surface area contributed by atoms with Crippen LogP contribution in [0.5, 0.6) is 5.75 Å². The summed E-state index contributed by atoms with van der Waals surface area (Å²) >= 11 is 0. The fraction of sp³-hybridized carbons (Fsp3) is 0.333. The molecule has 0 aliphatic rings. The number of hydrogen-bond donors (Lipinski definition) is 2. The van der Waals surface area contributed by atoms with Crippen molar-refractivity contribution < 1.29 is 19.4 Å². The van der Waals surface area contributed by atoms with Gasteiger partial charge in [0.2, 0.25) is 11.8 Å². The molecule has 0 unspecified atom stereocenters. The Morgan fingerprint density at radius 2 is 1.74 bits per heavy atom. The van der Waals surface area contributed by atoms with Gasteiger partial charge in [-0.25, -0.2) is 0 Å². The Balaban J connectivity index is 2.25. The minimum atomic E-state index is -0.668. The number of carbonyl (C=O) groups excluding carboxylic acids is 2. The van der Waals surface area contributed by atoms with Gasteiger partial charge in [-0.3, -0.25) is 9.59 Å². The lowest BCUT2D eigenvalue weighted by Crippen LogP contribution is -2.50. The van der Waals surface area contributed by atoms with E-state index in [1.807, 2.05) is 54.6 Å². The Labute approximate surface area is 159 Å². The van der Waals surface area contributed by atoms with E-state index in [2.05, 4.69) is 5.32 Å². The molecule has 0 spiro atoms. The summed E-state index contributed by atoms with van der Waals surface area (Å²) in [6.07, 6.45) is 0.397. The maximum atomic E-state index is 12.7. The van der Waals surface area contributed by atoms with Crippen LogP contribution in [0, 0.1) is 0 Å². The van der Waals surface area contributed by atoms with Crippen LogP contribution in [0.25, 0.3) is 0 Å². The quantitative estimate of drug-likeness (QED) is 0.705. The minimum Gasteiger partial charge on any atom is -0.497 e. The Kier molecular flexibility index (Phi) is 7.82. The van der Waals surface area contributed by atoms with Crippen LogP contribution < -0.4 is 10.1 Å². The van der Waals surface area contributed by atoms with Gasteiger partial charge in [-0.2, -0.15) is 0 Å². The molecule has 2 amide bonds. The highest BCUT2D eigenvalue weighted by Crippen LogP contribution is 2.17. The highest BCUT2D eigenvalue weighted by atomic mass is 16.5. The maximum absolute atomic E-state index is 12.7. The monoisotopic (exact) mass is 370 g/mol. The third kappa shape index (κ3) is 6.11. The van der Waals surface area contributed by atoms with E-state index < -0.39 is 6.04 Å². The number of carbonyl (C=O) groups is 2. The molecule has 144 valence electrons. The van der Waals surface area contributed by atoms with Crippen LogP contribution >= 0.6 is 0 Å². The lowest BCUT2D eigenvalue weighted by atomic mass is 10.0. The highest BCUT2D eigenvalue weighted by Gasteiger charge is 2.28. The van der Waals surface area contributed by atoms with Crippen LogP contribution in [0.2, 0.25) is 0 Å². The van der Waals surface area contributed by atoms with Crippen LogP contribution in [0.4, 0.5) is 0 Å². The largest absolute Gasteiger partial charge is 0.497 e. The average Bonchev–Trinajstić information content (AvgIpc) is 2.69. The zero-order chi connectivity index (χ0) is 19.6. The van der Waals surface area contributed by atoms with Gasteiger partial charge in [-0.05, 0) is 23.3 Å². The summed E-state index contributed by atoms with van der Waals surface area (Å²) in [5.74, 6) is 0.261. The van der Waals surface area contributed by atoms with Gasteiger partial charge in [0.15, 0.2) is 0 Å². The molecule has 0 bridgehead atoms. The second-order valence-electron chi connectivity index (χ2n) is 6.22. The second-order valence-corrected chi connectivity index (χ2v) is 6.22. The van der Waals surface area contributed by atoms with Crippen molar-refractivity contribution in [1.29, 1.82) is 0 Å². The van der Waals surface area contributed by atoms with Gasteiger partial charge in [-0.15, -0.1) is 0 Å². The van der Waals surface area contributed by atoms with E-state index >= 15 is 0 Å². The maximum Gasteiger partial charge on any atom is 0.243 e. The molecule has 2 aromatic rings. The van der Waals surface area contributed by atoms with Gasteiger partial charge in [0.25, 0.3) is 0 Å². The molecule has 1 atom stereocenters. The molecule has 0 aliphatic carbocycles. The molecule has 2 aromatic carbocycles. The van der Waals surface area contributed by atoms with E-state index in [1.54, 1.807) is 12.0 Å². The van der Waals surface area contributed by atoms with Crippen LogP contribution in [-0.2, 0) is 22.6 Å². The van der Waals surface area contributed by atoms with Crippen LogP contribution in [-0.4, -0.2) is 48.1 Å². The number of nitrogens with zero attached hydrogens (tertiary/aromatic N) is 1. The number of amides is 2. The molecule has 2 rings (SSSR count). The first-order chi connectivity index (χ1) is 13.0. The molecule has 0 heterocycles. The molecule has 0 saturated heterocycles. The second kappa shape index (κ2) is 10.3.